The Morgan fingerprint density at radius 2 is 1.43 bits per heavy atom. The second-order valence-electron chi connectivity index (χ2n) is 6.05. The van der Waals surface area contributed by atoms with Gasteiger partial charge in [0.2, 0.25) is 0 Å². The Bertz CT molecular complexity index is 704. The maximum atomic E-state index is 5.46. The summed E-state index contributed by atoms with van der Waals surface area (Å²) in [6.07, 6.45) is 1.13. The van der Waals surface area contributed by atoms with Gasteiger partial charge in [0.05, 0.1) is 6.61 Å². The molecule has 0 saturated carbocycles. The summed E-state index contributed by atoms with van der Waals surface area (Å²) in [7, 11) is 4.06. The van der Waals surface area contributed by atoms with E-state index in [4.69, 9.17) is 4.74 Å². The van der Waals surface area contributed by atoms with Crippen molar-refractivity contribution in [3.8, 4) is 5.75 Å². The molecule has 28 heavy (non-hydrogen) atoms. The van der Waals surface area contributed by atoms with Gasteiger partial charge in [0, 0.05) is 12.3 Å². The first-order chi connectivity index (χ1) is 13.6. The fourth-order valence-electron chi connectivity index (χ4n) is 1.97. The Balaban J connectivity index is 0.000000221. The van der Waals surface area contributed by atoms with Gasteiger partial charge < -0.3 is 9.64 Å². The minimum absolute atomic E-state index is 0.733. The minimum Gasteiger partial charge on any atom is -0.518 e. The summed E-state index contributed by atoms with van der Waals surface area (Å²) < 4.78 is 6.89. The average molecular weight is 555 g/mol. The molecule has 0 aliphatic rings. The Hall–Kier alpha value is -2.02. The van der Waals surface area contributed by atoms with Crippen LogP contribution in [0.2, 0.25) is 0 Å². The molecule has 0 bridgehead atoms. The quantitative estimate of drug-likeness (QED) is 0.395. The third-order valence-corrected chi connectivity index (χ3v) is 4.92. The number of hydrogen-bond donors (Lipinski definition) is 0. The number of hydrogen-bond acceptors (Lipinski definition) is 2. The molecule has 152 valence electrons. The van der Waals surface area contributed by atoms with Crippen LogP contribution in [0.5, 0.6) is 5.75 Å². The van der Waals surface area contributed by atoms with Gasteiger partial charge in [0.1, 0.15) is 0 Å². The van der Waals surface area contributed by atoms with Gasteiger partial charge in [-0.15, -0.1) is 12.1 Å². The van der Waals surface area contributed by atoms with Crippen molar-refractivity contribution >= 4 is 3.90 Å². The van der Waals surface area contributed by atoms with Crippen LogP contribution in [-0.2, 0) is 19.4 Å². The molecule has 0 aromatic heterocycles. The molecule has 3 heteroatoms. The summed E-state index contributed by atoms with van der Waals surface area (Å²) in [5, 5.41) is 0. The number of nitrogens with zero attached hydrogens (tertiary/aromatic N) is 1. The Morgan fingerprint density at radius 3 is 1.89 bits per heavy atom. The van der Waals surface area contributed by atoms with Gasteiger partial charge >= 0.3 is 72.5 Å². The van der Waals surface area contributed by atoms with Crippen molar-refractivity contribution in [1.82, 2.24) is 4.90 Å². The van der Waals surface area contributed by atoms with Gasteiger partial charge in [-0.2, -0.15) is 54.6 Å². The van der Waals surface area contributed by atoms with E-state index in [2.05, 4.69) is 67.6 Å². The second-order valence-corrected chi connectivity index (χ2v) is 7.42. The fraction of sp³-hybridized carbons (Fsp3) is 0.240. The average Bonchev–Trinajstić information content (AvgIpc) is 2.76. The molecule has 3 aromatic carbocycles. The summed E-state index contributed by atoms with van der Waals surface area (Å²) in [6, 6.07) is 33.5. The van der Waals surface area contributed by atoms with Crippen LogP contribution >= 0.6 is 0 Å². The third kappa shape index (κ3) is 12.4. The Labute approximate surface area is 181 Å². The van der Waals surface area contributed by atoms with Crippen LogP contribution in [0.3, 0.4) is 0 Å². The maximum absolute atomic E-state index is 5.46. The largest absolute Gasteiger partial charge is 0.518 e. The first-order valence-electron chi connectivity index (χ1n) is 9.31. The molecule has 0 saturated heterocycles. The SMILES string of the molecule is CC[C](=[Pt])c1ccccc1.CN(C)CCOc1cc[c-]cc1.[c-]1ccccc1. The zero-order chi connectivity index (χ0) is 20.5. The van der Waals surface area contributed by atoms with E-state index in [0.717, 1.165) is 25.3 Å². The van der Waals surface area contributed by atoms with E-state index >= 15 is 0 Å². The van der Waals surface area contributed by atoms with Gasteiger partial charge in [-0.1, -0.05) is 0 Å². The van der Waals surface area contributed by atoms with Gasteiger partial charge in [-0.05, 0) is 14.1 Å². The van der Waals surface area contributed by atoms with Crippen LogP contribution in [-0.4, -0.2) is 36.0 Å². The molecule has 0 atom stereocenters. The van der Waals surface area contributed by atoms with E-state index in [9.17, 15) is 0 Å². The van der Waals surface area contributed by atoms with Gasteiger partial charge in [0.25, 0.3) is 0 Å². The molecule has 0 spiro atoms. The standard InChI is InChI=1S/C10H14NO.C9H10.C6H5.Pt/c1-11(2)8-9-12-10-6-4-3-5-7-10;1-2-6-9-7-4-3-5-8-9;1-2-4-6-5-3-1;/h4-7H,8-9H2,1-2H3;3-5,7-8H,2H2,1H3;1-5H;/q-1;;-1;. The summed E-state index contributed by atoms with van der Waals surface area (Å²) in [5.41, 5.74) is 1.35. The molecule has 0 heterocycles. The molecule has 3 rings (SSSR count). The van der Waals surface area contributed by atoms with E-state index < -0.39 is 0 Å². The van der Waals surface area contributed by atoms with Crippen molar-refractivity contribution < 1.29 is 24.1 Å². The minimum atomic E-state index is 0.733. The predicted octanol–water partition coefficient (Wildman–Crippen LogP) is 5.08. The molecule has 2 nitrogen and oxygen atoms in total. The zero-order valence-electron chi connectivity index (χ0n) is 16.9. The van der Waals surface area contributed by atoms with E-state index in [1.807, 2.05) is 74.8 Å². The summed E-state index contributed by atoms with van der Waals surface area (Å²) in [4.78, 5) is 2.09. The topological polar surface area (TPSA) is 12.5 Å². The number of ether oxygens (including phenoxy) is 1. The van der Waals surface area contributed by atoms with Crippen molar-refractivity contribution in [2.75, 3.05) is 27.2 Å². The van der Waals surface area contributed by atoms with Crippen LogP contribution in [0.1, 0.15) is 18.9 Å². The molecule has 0 N–H and O–H groups in total. The van der Waals surface area contributed by atoms with Crippen molar-refractivity contribution in [2.45, 2.75) is 13.3 Å². The van der Waals surface area contributed by atoms with Crippen LogP contribution in [0, 0.1) is 12.1 Å². The zero-order valence-corrected chi connectivity index (χ0v) is 19.1. The van der Waals surface area contributed by atoms with Gasteiger partial charge in [-0.3, -0.25) is 0 Å². The Kier molecular flexibility index (Phi) is 13.7. The maximum Gasteiger partial charge on any atom is 0.0977 e. The second kappa shape index (κ2) is 16.0. The van der Waals surface area contributed by atoms with E-state index in [1.165, 1.54) is 9.46 Å². The van der Waals surface area contributed by atoms with Crippen LogP contribution in [0.25, 0.3) is 0 Å². The molecular weight excluding hydrogens is 525 g/mol. The molecule has 3 aromatic rings. The third-order valence-electron chi connectivity index (χ3n) is 3.46. The Morgan fingerprint density at radius 1 is 0.857 bits per heavy atom. The van der Waals surface area contributed by atoms with Crippen LogP contribution in [0.4, 0.5) is 0 Å². The van der Waals surface area contributed by atoms with E-state index in [-0.39, 0.29) is 0 Å². The summed E-state index contributed by atoms with van der Waals surface area (Å²) in [5.74, 6) is 0.913. The molecule has 0 aliphatic carbocycles. The number of likely N-dealkylation sites (N-methyl/N-ethyl adjacent to an activating group) is 1. The monoisotopic (exact) mass is 554 g/mol. The molecule has 0 fully saturated rings. The fourth-order valence-corrected chi connectivity index (χ4v) is 2.35. The number of benzene rings is 3. The van der Waals surface area contributed by atoms with Crippen molar-refractivity contribution in [3.63, 3.8) is 0 Å². The van der Waals surface area contributed by atoms with Crippen molar-refractivity contribution in [2.24, 2.45) is 0 Å². The number of rotatable bonds is 6. The van der Waals surface area contributed by atoms with E-state index in [1.54, 1.807) is 0 Å². The van der Waals surface area contributed by atoms with Crippen molar-refractivity contribution in [1.29, 1.82) is 0 Å². The molecule has 0 amide bonds. The first kappa shape index (κ1) is 24.0. The summed E-state index contributed by atoms with van der Waals surface area (Å²) in [6.45, 7) is 3.85. The van der Waals surface area contributed by atoms with Crippen LogP contribution < -0.4 is 4.74 Å². The molecule has 0 unspecified atom stereocenters. The van der Waals surface area contributed by atoms with E-state index in [0.29, 0.717) is 0 Å². The summed E-state index contributed by atoms with van der Waals surface area (Å²) >= 11 is 2.37. The van der Waals surface area contributed by atoms with Crippen LogP contribution in [0.15, 0.2) is 84.9 Å². The first-order valence-corrected chi connectivity index (χ1v) is 10.5. The van der Waals surface area contributed by atoms with Gasteiger partial charge in [-0.25, -0.2) is 0 Å². The molecule has 0 radical (unpaired) electrons. The van der Waals surface area contributed by atoms with Gasteiger partial charge in [0.15, 0.2) is 0 Å². The predicted molar refractivity (Wildman–Crippen MR) is 115 cm³/mol. The molecule has 0 aliphatic heterocycles. The molecular formula is C25H29NOPt-2. The van der Waals surface area contributed by atoms with Crippen molar-refractivity contribution in [3.05, 3.63) is 103 Å². The normalized spacial score (nSPS) is 9.50. The smallest absolute Gasteiger partial charge is 0.0977 e.